The Kier molecular flexibility index (Phi) is 4.59. The van der Waals surface area contributed by atoms with Gasteiger partial charge in [-0.25, -0.2) is 4.98 Å². The Hall–Kier alpha value is -1.09. The van der Waals surface area contributed by atoms with Gasteiger partial charge in [0, 0.05) is 24.8 Å². The summed E-state index contributed by atoms with van der Waals surface area (Å²) in [5.41, 5.74) is 1.25. The molecule has 1 fully saturated rings. The van der Waals surface area contributed by atoms with Crippen LogP contribution in [0, 0.1) is 0 Å². The average molecular weight is 247 g/mol. The Morgan fingerprint density at radius 3 is 2.61 bits per heavy atom. The third-order valence-electron chi connectivity index (χ3n) is 4.10. The fourth-order valence-electron chi connectivity index (χ4n) is 2.81. The second-order valence-corrected chi connectivity index (χ2v) is 5.18. The van der Waals surface area contributed by atoms with E-state index in [-0.39, 0.29) is 0 Å². The number of hydrogen-bond donors (Lipinski definition) is 1. The van der Waals surface area contributed by atoms with Gasteiger partial charge in [0.05, 0.1) is 0 Å². The SMILES string of the molecule is CCN(c1ccc(C(C)NC)cn1)C1CCCC1. The fourth-order valence-corrected chi connectivity index (χ4v) is 2.81. The Labute approximate surface area is 111 Å². The Balaban J connectivity index is 2.11. The van der Waals surface area contributed by atoms with Crippen molar-refractivity contribution in [1.29, 1.82) is 0 Å². The zero-order valence-corrected chi connectivity index (χ0v) is 11.8. The fraction of sp³-hybridized carbons (Fsp3) is 0.667. The zero-order valence-electron chi connectivity index (χ0n) is 11.8. The molecular formula is C15H25N3. The molecule has 3 heteroatoms. The minimum Gasteiger partial charge on any atom is -0.354 e. The van der Waals surface area contributed by atoms with Crippen molar-refractivity contribution in [3.8, 4) is 0 Å². The maximum Gasteiger partial charge on any atom is 0.128 e. The molecule has 1 heterocycles. The van der Waals surface area contributed by atoms with Crippen LogP contribution in [-0.4, -0.2) is 24.6 Å². The molecule has 1 unspecified atom stereocenters. The molecule has 1 saturated carbocycles. The van der Waals surface area contributed by atoms with E-state index in [1.807, 2.05) is 13.2 Å². The zero-order chi connectivity index (χ0) is 13.0. The van der Waals surface area contributed by atoms with E-state index < -0.39 is 0 Å². The van der Waals surface area contributed by atoms with Crippen molar-refractivity contribution in [3.05, 3.63) is 23.9 Å². The van der Waals surface area contributed by atoms with E-state index in [1.54, 1.807) is 0 Å². The maximum atomic E-state index is 4.65. The van der Waals surface area contributed by atoms with Gasteiger partial charge in [-0.15, -0.1) is 0 Å². The van der Waals surface area contributed by atoms with Gasteiger partial charge >= 0.3 is 0 Å². The van der Waals surface area contributed by atoms with Gasteiger partial charge in [-0.1, -0.05) is 18.9 Å². The molecule has 1 aromatic rings. The first-order chi connectivity index (χ1) is 8.76. The van der Waals surface area contributed by atoms with Crippen molar-refractivity contribution < 1.29 is 0 Å². The highest BCUT2D eigenvalue weighted by Crippen LogP contribution is 2.27. The smallest absolute Gasteiger partial charge is 0.128 e. The van der Waals surface area contributed by atoms with Crippen LogP contribution in [0.25, 0.3) is 0 Å². The molecule has 0 radical (unpaired) electrons. The number of hydrogen-bond acceptors (Lipinski definition) is 3. The van der Waals surface area contributed by atoms with Gasteiger partial charge in [0.25, 0.3) is 0 Å². The van der Waals surface area contributed by atoms with Crippen molar-refractivity contribution in [3.63, 3.8) is 0 Å². The van der Waals surface area contributed by atoms with Gasteiger partial charge in [-0.05, 0) is 45.4 Å². The minimum absolute atomic E-state index is 0.369. The van der Waals surface area contributed by atoms with Gasteiger partial charge in [-0.2, -0.15) is 0 Å². The van der Waals surface area contributed by atoms with E-state index in [0.717, 1.165) is 12.4 Å². The summed E-state index contributed by atoms with van der Waals surface area (Å²) in [5.74, 6) is 1.14. The monoisotopic (exact) mass is 247 g/mol. The summed E-state index contributed by atoms with van der Waals surface area (Å²) in [7, 11) is 1.98. The van der Waals surface area contributed by atoms with Crippen LogP contribution in [0.15, 0.2) is 18.3 Å². The van der Waals surface area contributed by atoms with Crippen LogP contribution in [-0.2, 0) is 0 Å². The summed E-state index contributed by atoms with van der Waals surface area (Å²) in [4.78, 5) is 7.11. The number of anilines is 1. The van der Waals surface area contributed by atoms with Crippen LogP contribution in [0.2, 0.25) is 0 Å². The predicted octanol–water partition coefficient (Wildman–Crippen LogP) is 3.13. The van der Waals surface area contributed by atoms with Crippen molar-refractivity contribution in [2.24, 2.45) is 0 Å². The van der Waals surface area contributed by atoms with Crippen LogP contribution in [0.1, 0.15) is 51.1 Å². The lowest BCUT2D eigenvalue weighted by Gasteiger charge is -2.29. The van der Waals surface area contributed by atoms with Crippen molar-refractivity contribution >= 4 is 5.82 Å². The second kappa shape index (κ2) is 6.19. The molecule has 1 atom stereocenters. The molecule has 0 aromatic carbocycles. The minimum atomic E-state index is 0.369. The van der Waals surface area contributed by atoms with E-state index in [0.29, 0.717) is 12.1 Å². The number of aromatic nitrogens is 1. The van der Waals surface area contributed by atoms with Gasteiger partial charge in [-0.3, -0.25) is 0 Å². The molecule has 0 bridgehead atoms. The lowest BCUT2D eigenvalue weighted by atomic mass is 10.1. The summed E-state index contributed by atoms with van der Waals surface area (Å²) < 4.78 is 0. The lowest BCUT2D eigenvalue weighted by molar-refractivity contribution is 0.610. The molecule has 1 aliphatic rings. The number of pyridine rings is 1. The molecule has 2 rings (SSSR count). The van der Waals surface area contributed by atoms with Crippen LogP contribution < -0.4 is 10.2 Å². The Bertz CT molecular complexity index is 355. The Morgan fingerprint density at radius 2 is 2.11 bits per heavy atom. The molecular weight excluding hydrogens is 222 g/mol. The molecule has 1 aromatic heterocycles. The molecule has 0 spiro atoms. The third-order valence-corrected chi connectivity index (χ3v) is 4.10. The van der Waals surface area contributed by atoms with E-state index in [2.05, 4.69) is 41.2 Å². The topological polar surface area (TPSA) is 28.2 Å². The highest BCUT2D eigenvalue weighted by Gasteiger charge is 2.22. The van der Waals surface area contributed by atoms with Gasteiger partial charge in [0.1, 0.15) is 5.82 Å². The van der Waals surface area contributed by atoms with Crippen LogP contribution in [0.4, 0.5) is 5.82 Å². The lowest BCUT2D eigenvalue weighted by Crippen LogP contribution is -2.33. The number of nitrogens with one attached hydrogen (secondary N) is 1. The molecule has 1 N–H and O–H groups in total. The molecule has 18 heavy (non-hydrogen) atoms. The summed E-state index contributed by atoms with van der Waals surface area (Å²) in [6.45, 7) is 5.44. The molecule has 0 saturated heterocycles. The molecule has 3 nitrogen and oxygen atoms in total. The first-order valence-corrected chi connectivity index (χ1v) is 7.16. The maximum absolute atomic E-state index is 4.65. The van der Waals surface area contributed by atoms with Crippen LogP contribution in [0.5, 0.6) is 0 Å². The highest BCUT2D eigenvalue weighted by molar-refractivity contribution is 5.41. The normalized spacial score (nSPS) is 17.9. The molecule has 0 amide bonds. The quantitative estimate of drug-likeness (QED) is 0.866. The van der Waals surface area contributed by atoms with Gasteiger partial charge < -0.3 is 10.2 Å². The number of rotatable bonds is 5. The third kappa shape index (κ3) is 2.83. The first kappa shape index (κ1) is 13.3. The van der Waals surface area contributed by atoms with Gasteiger partial charge in [0.15, 0.2) is 0 Å². The molecule has 100 valence electrons. The standard InChI is InChI=1S/C15H25N3/c1-4-18(14-7-5-6-8-14)15-10-9-13(11-17-15)12(2)16-3/h9-12,14,16H,4-8H2,1-3H3. The van der Waals surface area contributed by atoms with Crippen molar-refractivity contribution in [1.82, 2.24) is 10.3 Å². The first-order valence-electron chi connectivity index (χ1n) is 7.16. The number of nitrogens with zero attached hydrogens (tertiary/aromatic N) is 2. The van der Waals surface area contributed by atoms with Crippen molar-refractivity contribution in [2.75, 3.05) is 18.5 Å². The summed E-state index contributed by atoms with van der Waals surface area (Å²) >= 11 is 0. The van der Waals surface area contributed by atoms with E-state index >= 15 is 0 Å². The van der Waals surface area contributed by atoms with Crippen molar-refractivity contribution in [2.45, 2.75) is 51.6 Å². The molecule has 1 aliphatic carbocycles. The highest BCUT2D eigenvalue weighted by atomic mass is 15.2. The Morgan fingerprint density at radius 1 is 1.39 bits per heavy atom. The van der Waals surface area contributed by atoms with Crippen LogP contribution in [0.3, 0.4) is 0 Å². The summed E-state index contributed by atoms with van der Waals surface area (Å²) in [6.07, 6.45) is 7.40. The summed E-state index contributed by atoms with van der Waals surface area (Å²) in [5, 5.41) is 3.25. The second-order valence-electron chi connectivity index (χ2n) is 5.18. The van der Waals surface area contributed by atoms with Gasteiger partial charge in [0.2, 0.25) is 0 Å². The van der Waals surface area contributed by atoms with E-state index in [9.17, 15) is 0 Å². The average Bonchev–Trinajstić information content (AvgIpc) is 2.93. The predicted molar refractivity (Wildman–Crippen MR) is 77.0 cm³/mol. The van der Waals surface area contributed by atoms with E-state index in [4.69, 9.17) is 0 Å². The largest absolute Gasteiger partial charge is 0.354 e. The molecule has 0 aliphatic heterocycles. The van der Waals surface area contributed by atoms with Crippen LogP contribution >= 0.6 is 0 Å². The summed E-state index contributed by atoms with van der Waals surface area (Å²) in [6, 6.07) is 5.44. The van der Waals surface area contributed by atoms with E-state index in [1.165, 1.54) is 31.2 Å².